The predicted molar refractivity (Wildman–Crippen MR) is 84.4 cm³/mol. The lowest BCUT2D eigenvalue weighted by Crippen LogP contribution is -2.30. The number of Topliss-reactive ketones (excluding diaryl/α,β-unsaturated/α-hetero) is 1. The zero-order valence-electron chi connectivity index (χ0n) is 12.7. The van der Waals surface area contributed by atoms with Gasteiger partial charge in [-0.15, -0.1) is 11.3 Å². The molecule has 0 aromatic carbocycles. The molecule has 0 saturated carbocycles. The fourth-order valence-electron chi connectivity index (χ4n) is 2.12. The number of carbonyl (C=O) groups excluding carboxylic acids is 2. The largest absolute Gasteiger partial charge is 0.479 e. The van der Waals surface area contributed by atoms with E-state index in [9.17, 15) is 9.59 Å². The molecule has 1 aromatic rings. The van der Waals surface area contributed by atoms with Crippen molar-refractivity contribution >= 4 is 23.1 Å². The molecule has 1 aliphatic rings. The van der Waals surface area contributed by atoms with Crippen LogP contribution in [0.1, 0.15) is 29.9 Å². The summed E-state index contributed by atoms with van der Waals surface area (Å²) >= 11 is 1.40. The van der Waals surface area contributed by atoms with Gasteiger partial charge < -0.3 is 14.4 Å². The first-order chi connectivity index (χ1) is 10.7. The lowest BCUT2D eigenvalue weighted by molar-refractivity contribution is -0.139. The van der Waals surface area contributed by atoms with Gasteiger partial charge in [-0.3, -0.25) is 4.79 Å². The minimum absolute atomic E-state index is 0.0121. The van der Waals surface area contributed by atoms with Crippen LogP contribution in [0.5, 0.6) is 0 Å². The first-order valence-corrected chi connectivity index (χ1v) is 8.08. The Morgan fingerprint density at radius 3 is 2.77 bits per heavy atom. The molecule has 0 unspecified atom stereocenters. The van der Waals surface area contributed by atoms with Gasteiger partial charge in [-0.05, 0) is 25.3 Å². The standard InChI is InChI=1S/C16H19NO4S/c1-3-20-15-12(16(19)21-4-2)7-5-9-17(15)11-13(18)14-8-6-10-22-14/h5-6,8-10H,3-4,7,11H2,1-2H3. The molecule has 118 valence electrons. The van der Waals surface area contributed by atoms with Gasteiger partial charge in [-0.2, -0.15) is 0 Å². The van der Waals surface area contributed by atoms with Crippen LogP contribution in [0.25, 0.3) is 0 Å². The Bertz CT molecular complexity index is 589. The molecule has 22 heavy (non-hydrogen) atoms. The number of rotatable bonds is 7. The third-order valence-corrected chi connectivity index (χ3v) is 3.95. The van der Waals surface area contributed by atoms with Gasteiger partial charge in [0.15, 0.2) is 5.78 Å². The fourth-order valence-corrected chi connectivity index (χ4v) is 2.77. The van der Waals surface area contributed by atoms with E-state index >= 15 is 0 Å². The van der Waals surface area contributed by atoms with Gasteiger partial charge >= 0.3 is 5.97 Å². The number of thiophene rings is 1. The second kappa shape index (κ2) is 7.79. The van der Waals surface area contributed by atoms with Crippen LogP contribution in [0.15, 0.2) is 41.2 Å². The van der Waals surface area contributed by atoms with E-state index in [1.165, 1.54) is 11.3 Å². The average Bonchev–Trinajstić information content (AvgIpc) is 3.03. The fraction of sp³-hybridized carbons (Fsp3) is 0.375. The first-order valence-electron chi connectivity index (χ1n) is 7.20. The molecule has 0 saturated heterocycles. The maximum Gasteiger partial charge on any atom is 0.339 e. The van der Waals surface area contributed by atoms with Gasteiger partial charge in [-0.25, -0.2) is 4.79 Å². The summed E-state index contributed by atoms with van der Waals surface area (Å²) in [7, 11) is 0. The molecule has 0 atom stereocenters. The van der Waals surface area contributed by atoms with E-state index in [2.05, 4.69) is 0 Å². The Labute approximate surface area is 133 Å². The van der Waals surface area contributed by atoms with Gasteiger partial charge in [0.25, 0.3) is 0 Å². The van der Waals surface area contributed by atoms with Crippen LogP contribution in [-0.4, -0.2) is 36.4 Å². The van der Waals surface area contributed by atoms with Crippen LogP contribution in [-0.2, 0) is 14.3 Å². The Morgan fingerprint density at radius 2 is 2.14 bits per heavy atom. The van der Waals surface area contributed by atoms with Gasteiger partial charge in [0, 0.05) is 12.6 Å². The highest BCUT2D eigenvalue weighted by molar-refractivity contribution is 7.12. The molecule has 0 spiro atoms. The van der Waals surface area contributed by atoms with Crippen molar-refractivity contribution in [3.63, 3.8) is 0 Å². The lowest BCUT2D eigenvalue weighted by atomic mass is 10.1. The van der Waals surface area contributed by atoms with Crippen molar-refractivity contribution in [2.75, 3.05) is 19.8 Å². The highest BCUT2D eigenvalue weighted by atomic mass is 32.1. The van der Waals surface area contributed by atoms with Crippen molar-refractivity contribution < 1.29 is 19.1 Å². The number of allylic oxidation sites excluding steroid dienone is 1. The van der Waals surface area contributed by atoms with E-state index in [0.29, 0.717) is 36.0 Å². The van der Waals surface area contributed by atoms with E-state index in [4.69, 9.17) is 9.47 Å². The highest BCUT2D eigenvalue weighted by Crippen LogP contribution is 2.23. The van der Waals surface area contributed by atoms with E-state index in [1.807, 2.05) is 24.4 Å². The number of hydrogen-bond acceptors (Lipinski definition) is 6. The molecule has 2 rings (SSSR count). The molecule has 1 aliphatic heterocycles. The first kappa shape index (κ1) is 16.3. The third kappa shape index (κ3) is 3.76. The van der Waals surface area contributed by atoms with Gasteiger partial charge in [0.1, 0.15) is 5.57 Å². The summed E-state index contributed by atoms with van der Waals surface area (Å²) in [6, 6.07) is 3.63. The molecule has 5 nitrogen and oxygen atoms in total. The summed E-state index contributed by atoms with van der Waals surface area (Å²) in [4.78, 5) is 26.7. The maximum atomic E-state index is 12.3. The number of hydrogen-bond donors (Lipinski definition) is 0. The van der Waals surface area contributed by atoms with Crippen molar-refractivity contribution in [1.29, 1.82) is 0 Å². The summed E-state index contributed by atoms with van der Waals surface area (Å²) in [6.45, 7) is 4.45. The van der Waals surface area contributed by atoms with Crippen molar-refractivity contribution in [2.45, 2.75) is 20.3 Å². The van der Waals surface area contributed by atoms with Gasteiger partial charge in [0.05, 0.1) is 24.6 Å². The van der Waals surface area contributed by atoms with Crippen molar-refractivity contribution in [3.8, 4) is 0 Å². The van der Waals surface area contributed by atoms with Gasteiger partial charge in [0.2, 0.25) is 5.88 Å². The SMILES string of the molecule is CCOC(=O)C1=C(OCC)N(CC(=O)c2cccs2)C=CC1. The minimum Gasteiger partial charge on any atom is -0.479 e. The van der Waals surface area contributed by atoms with Crippen LogP contribution in [0.4, 0.5) is 0 Å². The number of nitrogens with zero attached hydrogens (tertiary/aromatic N) is 1. The van der Waals surface area contributed by atoms with Crippen molar-refractivity contribution in [2.24, 2.45) is 0 Å². The van der Waals surface area contributed by atoms with Crippen LogP contribution < -0.4 is 0 Å². The van der Waals surface area contributed by atoms with Crippen LogP contribution >= 0.6 is 11.3 Å². The topological polar surface area (TPSA) is 55.8 Å². The predicted octanol–water partition coefficient (Wildman–Crippen LogP) is 2.96. The van der Waals surface area contributed by atoms with E-state index < -0.39 is 5.97 Å². The van der Waals surface area contributed by atoms with Crippen LogP contribution in [0.3, 0.4) is 0 Å². The molecule has 1 aromatic heterocycles. The Hall–Kier alpha value is -2.08. The smallest absolute Gasteiger partial charge is 0.339 e. The maximum absolute atomic E-state index is 12.3. The van der Waals surface area contributed by atoms with Gasteiger partial charge in [-0.1, -0.05) is 12.1 Å². The van der Waals surface area contributed by atoms with Crippen molar-refractivity contribution in [1.82, 2.24) is 4.90 Å². The number of ketones is 1. The quantitative estimate of drug-likeness (QED) is 0.571. The molecule has 6 heteroatoms. The number of carbonyl (C=O) groups is 2. The molecule has 0 bridgehead atoms. The summed E-state index contributed by atoms with van der Waals surface area (Å²) in [6.07, 6.45) is 4.05. The van der Waals surface area contributed by atoms with E-state index in [-0.39, 0.29) is 12.3 Å². The molecular weight excluding hydrogens is 302 g/mol. The zero-order chi connectivity index (χ0) is 15.9. The average molecular weight is 321 g/mol. The van der Waals surface area contributed by atoms with E-state index in [1.54, 1.807) is 24.1 Å². The highest BCUT2D eigenvalue weighted by Gasteiger charge is 2.26. The Kier molecular flexibility index (Phi) is 5.77. The molecule has 0 radical (unpaired) electrons. The zero-order valence-corrected chi connectivity index (χ0v) is 13.5. The lowest BCUT2D eigenvalue weighted by Gasteiger charge is -2.27. The Morgan fingerprint density at radius 1 is 1.32 bits per heavy atom. The number of ether oxygens (including phenoxy) is 2. The van der Waals surface area contributed by atoms with E-state index in [0.717, 1.165) is 0 Å². The second-order valence-electron chi connectivity index (χ2n) is 4.55. The Balaban J connectivity index is 2.20. The third-order valence-electron chi connectivity index (χ3n) is 3.04. The molecule has 0 aliphatic carbocycles. The van der Waals surface area contributed by atoms with Crippen LogP contribution in [0, 0.1) is 0 Å². The van der Waals surface area contributed by atoms with Crippen molar-refractivity contribution in [3.05, 3.63) is 46.1 Å². The summed E-state index contributed by atoms with van der Waals surface area (Å²) in [5.41, 5.74) is 0.449. The molecular formula is C16H19NO4S. The molecule has 0 N–H and O–H groups in total. The summed E-state index contributed by atoms with van der Waals surface area (Å²) in [5.74, 6) is -0.000749. The normalized spacial score (nSPS) is 14.2. The molecule has 2 heterocycles. The monoisotopic (exact) mass is 321 g/mol. The number of esters is 1. The second-order valence-corrected chi connectivity index (χ2v) is 5.50. The van der Waals surface area contributed by atoms with Crippen LogP contribution in [0.2, 0.25) is 0 Å². The minimum atomic E-state index is -0.399. The summed E-state index contributed by atoms with van der Waals surface area (Å²) < 4.78 is 10.7. The summed E-state index contributed by atoms with van der Waals surface area (Å²) in [5, 5.41) is 1.86. The molecule has 0 fully saturated rings. The molecule has 0 amide bonds.